The molecule has 0 amide bonds. The van der Waals surface area contributed by atoms with Crippen LogP contribution in [0.5, 0.6) is 0 Å². The van der Waals surface area contributed by atoms with Crippen LogP contribution >= 0.6 is 11.3 Å². The number of rotatable bonds is 4. The van der Waals surface area contributed by atoms with Crippen molar-refractivity contribution in [2.75, 3.05) is 6.61 Å². The summed E-state index contributed by atoms with van der Waals surface area (Å²) in [5.74, 6) is -1.52. The van der Waals surface area contributed by atoms with Crippen molar-refractivity contribution in [3.63, 3.8) is 0 Å². The van der Waals surface area contributed by atoms with Crippen LogP contribution < -0.4 is 5.43 Å². The number of aromatic nitrogens is 5. The van der Waals surface area contributed by atoms with Crippen molar-refractivity contribution in [1.82, 2.24) is 24.1 Å². The predicted molar refractivity (Wildman–Crippen MR) is 96.0 cm³/mol. The molecular weight excluding hydrogens is 373 g/mol. The first-order valence-electron chi connectivity index (χ1n) is 7.91. The van der Waals surface area contributed by atoms with Gasteiger partial charge < -0.3 is 4.74 Å². The molecule has 0 unspecified atom stereocenters. The van der Waals surface area contributed by atoms with Gasteiger partial charge in [0.25, 0.3) is 0 Å². The van der Waals surface area contributed by atoms with E-state index in [0.29, 0.717) is 5.13 Å². The fourth-order valence-corrected chi connectivity index (χ4v) is 3.23. The Balaban J connectivity index is 2.07. The minimum Gasteiger partial charge on any atom is -0.462 e. The highest BCUT2D eigenvalue weighted by Crippen LogP contribution is 2.22. The van der Waals surface area contributed by atoms with E-state index in [1.165, 1.54) is 45.4 Å². The minimum absolute atomic E-state index is 0.0198. The molecule has 136 valence electrons. The molecule has 4 heterocycles. The molecule has 0 N–H and O–H groups in total. The summed E-state index contributed by atoms with van der Waals surface area (Å²) >= 11 is 1.28. The van der Waals surface area contributed by atoms with Gasteiger partial charge in [-0.2, -0.15) is 0 Å². The molecule has 0 spiro atoms. The topological polar surface area (TPSA) is 91.9 Å². The van der Waals surface area contributed by atoms with Gasteiger partial charge in [-0.15, -0.1) is 11.3 Å². The maximum atomic E-state index is 14.6. The smallest absolute Gasteiger partial charge is 0.343 e. The van der Waals surface area contributed by atoms with Gasteiger partial charge in [-0.05, 0) is 13.0 Å². The standard InChI is InChI=1S/C17H12FN5O3S/c1-2-26-16(25)11-8-23(17-20-4-6-27-17)14-10(13(11)24)7-12(18)15(21-14)22-5-3-19-9-22/h3-9H,2H2,1H3. The number of hydrogen-bond donors (Lipinski definition) is 0. The predicted octanol–water partition coefficient (Wildman–Crippen LogP) is 2.34. The monoisotopic (exact) mass is 385 g/mol. The normalized spacial score (nSPS) is 11.0. The molecule has 4 aromatic rings. The summed E-state index contributed by atoms with van der Waals surface area (Å²) < 4.78 is 22.4. The molecule has 0 saturated carbocycles. The van der Waals surface area contributed by atoms with E-state index in [0.717, 1.165) is 6.07 Å². The van der Waals surface area contributed by atoms with Gasteiger partial charge in [0, 0.05) is 30.2 Å². The summed E-state index contributed by atoms with van der Waals surface area (Å²) in [4.78, 5) is 37.3. The van der Waals surface area contributed by atoms with Gasteiger partial charge in [0.1, 0.15) is 11.9 Å². The Hall–Kier alpha value is -3.40. The third-order valence-corrected chi connectivity index (χ3v) is 4.55. The number of hydrogen-bond acceptors (Lipinski definition) is 7. The number of pyridine rings is 2. The molecule has 0 fully saturated rings. The fourth-order valence-electron chi connectivity index (χ4n) is 2.61. The van der Waals surface area contributed by atoms with Gasteiger partial charge in [-0.25, -0.2) is 24.1 Å². The van der Waals surface area contributed by atoms with E-state index < -0.39 is 17.2 Å². The second kappa shape index (κ2) is 6.72. The molecule has 0 saturated heterocycles. The first-order valence-corrected chi connectivity index (χ1v) is 8.79. The zero-order valence-corrected chi connectivity index (χ0v) is 14.8. The van der Waals surface area contributed by atoms with E-state index in [1.54, 1.807) is 18.5 Å². The van der Waals surface area contributed by atoms with Crippen LogP contribution in [0.15, 0.2) is 47.4 Å². The molecule has 0 aliphatic rings. The zero-order valence-electron chi connectivity index (χ0n) is 14.0. The van der Waals surface area contributed by atoms with Crippen molar-refractivity contribution < 1.29 is 13.9 Å². The number of esters is 1. The molecule has 10 heteroatoms. The van der Waals surface area contributed by atoms with Gasteiger partial charge in [-0.3, -0.25) is 13.9 Å². The molecule has 0 aromatic carbocycles. The van der Waals surface area contributed by atoms with E-state index in [2.05, 4.69) is 15.0 Å². The maximum Gasteiger partial charge on any atom is 0.343 e. The van der Waals surface area contributed by atoms with Crippen LogP contribution in [0, 0.1) is 5.82 Å². The number of carbonyl (C=O) groups is 1. The number of thiazole rings is 1. The summed E-state index contributed by atoms with van der Waals surface area (Å²) in [5, 5.41) is 2.17. The van der Waals surface area contributed by atoms with Crippen molar-refractivity contribution in [3.05, 3.63) is 64.2 Å². The third-order valence-electron chi connectivity index (χ3n) is 3.78. The number of carbonyl (C=O) groups excluding carboxylic acids is 1. The number of imidazole rings is 1. The maximum absolute atomic E-state index is 14.6. The van der Waals surface area contributed by atoms with Crippen LogP contribution in [0.1, 0.15) is 17.3 Å². The molecule has 0 radical (unpaired) electrons. The highest BCUT2D eigenvalue weighted by molar-refractivity contribution is 7.12. The first-order chi connectivity index (χ1) is 13.1. The third kappa shape index (κ3) is 2.89. The summed E-state index contributed by atoms with van der Waals surface area (Å²) in [7, 11) is 0. The first kappa shape index (κ1) is 17.0. The molecular formula is C17H12FN5O3S. The Kier molecular flexibility index (Phi) is 4.24. The lowest BCUT2D eigenvalue weighted by Gasteiger charge is -2.12. The second-order valence-corrected chi connectivity index (χ2v) is 6.28. The molecule has 0 atom stereocenters. The fraction of sp³-hybridized carbons (Fsp3) is 0.118. The Morgan fingerprint density at radius 1 is 1.37 bits per heavy atom. The van der Waals surface area contributed by atoms with Crippen LogP contribution in [0.25, 0.3) is 22.0 Å². The number of fused-ring (bicyclic) bond motifs is 1. The van der Waals surface area contributed by atoms with Crippen molar-refractivity contribution in [2.45, 2.75) is 6.92 Å². The molecule has 4 aromatic heterocycles. The molecule has 0 aliphatic heterocycles. The summed E-state index contributed by atoms with van der Waals surface area (Å²) in [6, 6.07) is 1.06. The van der Waals surface area contributed by atoms with Gasteiger partial charge in [0.2, 0.25) is 5.43 Å². The van der Waals surface area contributed by atoms with E-state index in [-0.39, 0.29) is 29.0 Å². The lowest BCUT2D eigenvalue weighted by Crippen LogP contribution is -2.21. The van der Waals surface area contributed by atoms with E-state index in [4.69, 9.17) is 4.74 Å². The Labute approximate surface area is 155 Å². The number of halogens is 1. The molecule has 27 heavy (non-hydrogen) atoms. The lowest BCUT2D eigenvalue weighted by atomic mass is 10.2. The van der Waals surface area contributed by atoms with Crippen LogP contribution in [0.4, 0.5) is 4.39 Å². The Morgan fingerprint density at radius 3 is 2.89 bits per heavy atom. The SMILES string of the molecule is CCOC(=O)c1cn(-c2nccs2)c2nc(-n3ccnc3)c(F)cc2c1=O. The van der Waals surface area contributed by atoms with Crippen LogP contribution in [-0.4, -0.2) is 36.7 Å². The average molecular weight is 385 g/mol. The highest BCUT2D eigenvalue weighted by atomic mass is 32.1. The van der Waals surface area contributed by atoms with Gasteiger partial charge >= 0.3 is 5.97 Å². The van der Waals surface area contributed by atoms with E-state index in [1.807, 2.05) is 0 Å². The van der Waals surface area contributed by atoms with Crippen molar-refractivity contribution in [1.29, 1.82) is 0 Å². The quantitative estimate of drug-likeness (QED) is 0.501. The zero-order chi connectivity index (χ0) is 19.0. The average Bonchev–Trinajstić information content (AvgIpc) is 3.36. The summed E-state index contributed by atoms with van der Waals surface area (Å²) in [6.45, 7) is 1.75. The number of nitrogens with zero attached hydrogens (tertiary/aromatic N) is 5. The van der Waals surface area contributed by atoms with Gasteiger partial charge in [0.15, 0.2) is 22.4 Å². The number of ether oxygens (including phenoxy) is 1. The van der Waals surface area contributed by atoms with Gasteiger partial charge in [0.05, 0.1) is 12.0 Å². The van der Waals surface area contributed by atoms with E-state index in [9.17, 15) is 14.0 Å². The molecule has 0 aliphatic carbocycles. The van der Waals surface area contributed by atoms with Crippen molar-refractivity contribution in [3.8, 4) is 10.9 Å². The molecule has 4 rings (SSSR count). The minimum atomic E-state index is -0.784. The highest BCUT2D eigenvalue weighted by Gasteiger charge is 2.21. The summed E-state index contributed by atoms with van der Waals surface area (Å²) in [5.41, 5.74) is -0.691. The Morgan fingerprint density at radius 2 is 2.22 bits per heavy atom. The van der Waals surface area contributed by atoms with E-state index >= 15 is 0 Å². The Bertz CT molecular complexity index is 1190. The second-order valence-electron chi connectivity index (χ2n) is 5.41. The van der Waals surface area contributed by atoms with Crippen LogP contribution in [-0.2, 0) is 4.74 Å². The van der Waals surface area contributed by atoms with Crippen LogP contribution in [0.2, 0.25) is 0 Å². The lowest BCUT2D eigenvalue weighted by molar-refractivity contribution is 0.0524. The summed E-state index contributed by atoms with van der Waals surface area (Å²) in [6.07, 6.45) is 7.33. The largest absolute Gasteiger partial charge is 0.462 e. The van der Waals surface area contributed by atoms with Gasteiger partial charge in [-0.1, -0.05) is 0 Å². The van der Waals surface area contributed by atoms with Crippen molar-refractivity contribution in [2.24, 2.45) is 0 Å². The molecule has 8 nitrogen and oxygen atoms in total. The van der Waals surface area contributed by atoms with Crippen molar-refractivity contribution >= 4 is 28.3 Å². The van der Waals surface area contributed by atoms with Crippen LogP contribution in [0.3, 0.4) is 0 Å². The molecule has 0 bridgehead atoms.